The molecule has 0 N–H and O–H groups in total. The maximum Gasteiger partial charge on any atom is 0.334 e. The van der Waals surface area contributed by atoms with Gasteiger partial charge in [-0.05, 0) is 55.7 Å². The van der Waals surface area contributed by atoms with E-state index in [9.17, 15) is 9.59 Å². The minimum absolute atomic E-state index is 0.0644. The number of benzene rings is 1. The molecule has 4 heteroatoms. The third-order valence-corrected chi connectivity index (χ3v) is 5.48. The number of hydrogen-bond donors (Lipinski definition) is 0. The van der Waals surface area contributed by atoms with Gasteiger partial charge in [0.15, 0.2) is 0 Å². The van der Waals surface area contributed by atoms with Gasteiger partial charge in [-0.1, -0.05) is 38.3 Å². The molecule has 1 heterocycles. The van der Waals surface area contributed by atoms with Gasteiger partial charge in [0, 0.05) is 13.0 Å². The Morgan fingerprint density at radius 1 is 1.04 bits per heavy atom. The summed E-state index contributed by atoms with van der Waals surface area (Å²) in [5, 5.41) is 0. The van der Waals surface area contributed by atoms with Crippen LogP contribution in [-0.4, -0.2) is 29.4 Å². The Hall–Kier alpha value is -1.84. The summed E-state index contributed by atoms with van der Waals surface area (Å²) in [6.45, 7) is 2.65. The highest BCUT2D eigenvalue weighted by atomic mass is 16.5. The first-order valence-electron chi connectivity index (χ1n) is 9.80. The van der Waals surface area contributed by atoms with Crippen molar-refractivity contribution in [2.75, 3.05) is 6.54 Å². The normalized spacial score (nSPS) is 21.3. The molecule has 1 aromatic rings. The van der Waals surface area contributed by atoms with Crippen molar-refractivity contribution < 1.29 is 14.3 Å². The Kier molecular flexibility index (Phi) is 6.11. The summed E-state index contributed by atoms with van der Waals surface area (Å²) >= 11 is 0. The fourth-order valence-electron chi connectivity index (χ4n) is 4.10. The summed E-state index contributed by atoms with van der Waals surface area (Å²) in [5.74, 6) is 0.997. The molecule has 1 aromatic carbocycles. The van der Waals surface area contributed by atoms with E-state index in [-0.39, 0.29) is 11.9 Å². The van der Waals surface area contributed by atoms with Crippen molar-refractivity contribution in [2.45, 2.75) is 76.7 Å². The molecule has 1 aliphatic heterocycles. The van der Waals surface area contributed by atoms with E-state index in [1.807, 2.05) is 19.1 Å². The number of carbonyl (C=O) groups excluding carboxylic acids is 2. The van der Waals surface area contributed by atoms with Crippen molar-refractivity contribution in [1.82, 2.24) is 4.90 Å². The molecule has 0 aromatic heterocycles. The molecule has 1 atom stereocenters. The molecule has 1 aliphatic carbocycles. The van der Waals surface area contributed by atoms with Gasteiger partial charge in [-0.3, -0.25) is 4.79 Å². The second kappa shape index (κ2) is 8.50. The third-order valence-electron chi connectivity index (χ3n) is 5.48. The van der Waals surface area contributed by atoms with Crippen LogP contribution in [0.2, 0.25) is 0 Å². The van der Waals surface area contributed by atoms with Gasteiger partial charge in [0.2, 0.25) is 5.91 Å². The first-order chi connectivity index (χ1) is 12.2. The lowest BCUT2D eigenvalue weighted by Crippen LogP contribution is -2.42. The summed E-state index contributed by atoms with van der Waals surface area (Å²) in [4.78, 5) is 26.4. The maximum absolute atomic E-state index is 12.5. The van der Waals surface area contributed by atoms with Gasteiger partial charge in [-0.25, -0.2) is 4.79 Å². The van der Waals surface area contributed by atoms with E-state index in [0.29, 0.717) is 31.1 Å². The predicted molar refractivity (Wildman–Crippen MR) is 97.5 cm³/mol. The molecule has 1 saturated heterocycles. The van der Waals surface area contributed by atoms with E-state index in [1.54, 1.807) is 4.90 Å². The maximum atomic E-state index is 12.5. The van der Waals surface area contributed by atoms with Crippen molar-refractivity contribution in [2.24, 2.45) is 0 Å². The van der Waals surface area contributed by atoms with E-state index < -0.39 is 6.04 Å². The molecule has 25 heavy (non-hydrogen) atoms. The predicted octanol–water partition coefficient (Wildman–Crippen LogP) is 4.43. The molecule has 136 valence electrons. The van der Waals surface area contributed by atoms with Gasteiger partial charge in [-0.15, -0.1) is 0 Å². The number of esters is 1. The van der Waals surface area contributed by atoms with Crippen molar-refractivity contribution in [3.63, 3.8) is 0 Å². The second-order valence-corrected chi connectivity index (χ2v) is 7.32. The number of rotatable bonds is 5. The average Bonchev–Trinajstić information content (AvgIpc) is 3.13. The minimum Gasteiger partial charge on any atom is -0.425 e. The molecule has 0 bridgehead atoms. The zero-order valence-electron chi connectivity index (χ0n) is 15.2. The number of carbonyl (C=O) groups is 2. The summed E-state index contributed by atoms with van der Waals surface area (Å²) in [5.41, 5.74) is 1.35. The Labute approximate surface area is 150 Å². The zero-order chi connectivity index (χ0) is 17.6. The van der Waals surface area contributed by atoms with Gasteiger partial charge >= 0.3 is 5.97 Å². The highest BCUT2D eigenvalue weighted by molar-refractivity contribution is 5.86. The molecule has 2 aliphatic rings. The lowest BCUT2D eigenvalue weighted by molar-refractivity contribution is -0.146. The summed E-state index contributed by atoms with van der Waals surface area (Å²) in [7, 11) is 0. The molecule has 2 fully saturated rings. The van der Waals surface area contributed by atoms with Crippen molar-refractivity contribution >= 4 is 11.9 Å². The van der Waals surface area contributed by atoms with Crippen LogP contribution in [0.3, 0.4) is 0 Å². The number of hydrogen-bond acceptors (Lipinski definition) is 3. The van der Waals surface area contributed by atoms with Crippen LogP contribution < -0.4 is 4.74 Å². The monoisotopic (exact) mass is 343 g/mol. The van der Waals surface area contributed by atoms with E-state index in [4.69, 9.17) is 4.74 Å². The lowest BCUT2D eigenvalue weighted by Gasteiger charge is -2.23. The molecule has 1 unspecified atom stereocenters. The van der Waals surface area contributed by atoms with Gasteiger partial charge < -0.3 is 9.64 Å². The fraction of sp³-hybridized carbons (Fsp3) is 0.619. The second-order valence-electron chi connectivity index (χ2n) is 7.32. The first kappa shape index (κ1) is 18.0. The van der Waals surface area contributed by atoms with Gasteiger partial charge in [0.1, 0.15) is 11.8 Å². The number of likely N-dealkylation sites (tertiary alicyclic amines) is 1. The van der Waals surface area contributed by atoms with Crippen LogP contribution in [-0.2, 0) is 9.59 Å². The van der Waals surface area contributed by atoms with Crippen LogP contribution in [0.5, 0.6) is 5.75 Å². The standard InChI is InChI=1S/C21H29NO3/c1-2-7-20(23)22-15-6-10-19(22)21(24)25-18-13-11-17(12-14-18)16-8-4-3-5-9-16/h11-14,16,19H,2-10,15H2,1H3. The van der Waals surface area contributed by atoms with E-state index in [0.717, 1.165) is 12.8 Å². The Bertz CT molecular complexity index is 590. The van der Waals surface area contributed by atoms with Gasteiger partial charge in [0.05, 0.1) is 0 Å². The minimum atomic E-state index is -0.419. The van der Waals surface area contributed by atoms with Crippen molar-refractivity contribution in [3.8, 4) is 5.75 Å². The van der Waals surface area contributed by atoms with Crippen LogP contribution >= 0.6 is 0 Å². The molecule has 0 radical (unpaired) electrons. The smallest absolute Gasteiger partial charge is 0.334 e. The Morgan fingerprint density at radius 2 is 1.76 bits per heavy atom. The molecule has 3 rings (SSSR count). The highest BCUT2D eigenvalue weighted by Crippen LogP contribution is 2.33. The van der Waals surface area contributed by atoms with Crippen molar-refractivity contribution in [3.05, 3.63) is 29.8 Å². The zero-order valence-corrected chi connectivity index (χ0v) is 15.2. The summed E-state index contributed by atoms with van der Waals surface area (Å²) in [6, 6.07) is 7.56. The summed E-state index contributed by atoms with van der Waals surface area (Å²) in [6.07, 6.45) is 9.37. The molecule has 1 amide bonds. The van der Waals surface area contributed by atoms with Crippen LogP contribution in [0.25, 0.3) is 0 Å². The number of ether oxygens (including phenoxy) is 1. The SMILES string of the molecule is CCCC(=O)N1CCCC1C(=O)Oc1ccc(C2CCCCC2)cc1. The van der Waals surface area contributed by atoms with Crippen LogP contribution in [0.15, 0.2) is 24.3 Å². The summed E-state index contributed by atoms with van der Waals surface area (Å²) < 4.78 is 5.57. The molecular formula is C21H29NO3. The quantitative estimate of drug-likeness (QED) is 0.587. The van der Waals surface area contributed by atoms with E-state index in [1.165, 1.54) is 37.7 Å². The fourth-order valence-corrected chi connectivity index (χ4v) is 4.10. The van der Waals surface area contributed by atoms with Crippen LogP contribution in [0, 0.1) is 0 Å². The molecule has 1 saturated carbocycles. The Morgan fingerprint density at radius 3 is 2.44 bits per heavy atom. The van der Waals surface area contributed by atoms with E-state index >= 15 is 0 Å². The largest absolute Gasteiger partial charge is 0.425 e. The number of nitrogens with zero attached hydrogens (tertiary/aromatic N) is 1. The lowest BCUT2D eigenvalue weighted by atomic mass is 9.84. The molecular weight excluding hydrogens is 314 g/mol. The average molecular weight is 343 g/mol. The van der Waals surface area contributed by atoms with Gasteiger partial charge in [-0.2, -0.15) is 0 Å². The van der Waals surface area contributed by atoms with Crippen molar-refractivity contribution in [1.29, 1.82) is 0 Å². The Balaban J connectivity index is 1.59. The van der Waals surface area contributed by atoms with E-state index in [2.05, 4.69) is 12.1 Å². The highest BCUT2D eigenvalue weighted by Gasteiger charge is 2.35. The van der Waals surface area contributed by atoms with Crippen LogP contribution in [0.4, 0.5) is 0 Å². The molecule has 0 spiro atoms. The first-order valence-corrected chi connectivity index (χ1v) is 9.80. The van der Waals surface area contributed by atoms with Gasteiger partial charge in [0.25, 0.3) is 0 Å². The molecule has 4 nitrogen and oxygen atoms in total. The third kappa shape index (κ3) is 4.42. The van der Waals surface area contributed by atoms with Crippen LogP contribution in [0.1, 0.15) is 76.2 Å². The number of amides is 1. The topological polar surface area (TPSA) is 46.6 Å².